The molecule has 2 heterocycles. The predicted molar refractivity (Wildman–Crippen MR) is 96.1 cm³/mol. The first-order valence-electron chi connectivity index (χ1n) is 9.64. The molecule has 0 saturated carbocycles. The molecule has 0 aromatic heterocycles. The second-order valence-electron chi connectivity index (χ2n) is 7.81. The summed E-state index contributed by atoms with van der Waals surface area (Å²) >= 11 is 0. The van der Waals surface area contributed by atoms with Crippen LogP contribution in [0.1, 0.15) is 52.9 Å². The first-order chi connectivity index (χ1) is 11.9. The molecule has 3 unspecified atom stereocenters. The zero-order valence-electron chi connectivity index (χ0n) is 16.1. The lowest BCUT2D eigenvalue weighted by Crippen LogP contribution is -2.46. The van der Waals surface area contributed by atoms with Crippen LogP contribution in [0.2, 0.25) is 0 Å². The highest BCUT2D eigenvalue weighted by atomic mass is 16.5. The average molecular weight is 354 g/mol. The lowest BCUT2D eigenvalue weighted by Gasteiger charge is -2.37. The Kier molecular flexibility index (Phi) is 7.69. The Hall–Kier alpha value is -1.14. The Morgan fingerprint density at radius 2 is 1.80 bits per heavy atom. The van der Waals surface area contributed by atoms with Crippen LogP contribution in [-0.4, -0.2) is 61.8 Å². The third kappa shape index (κ3) is 5.96. The monoisotopic (exact) mass is 354 g/mol. The predicted octanol–water partition coefficient (Wildman–Crippen LogP) is 1.97. The van der Waals surface area contributed by atoms with E-state index in [9.17, 15) is 9.59 Å². The maximum Gasteiger partial charge on any atom is 0.225 e. The van der Waals surface area contributed by atoms with E-state index in [-0.39, 0.29) is 41.8 Å². The topological polar surface area (TPSA) is 67.9 Å². The Balaban J connectivity index is 1.80. The largest absolute Gasteiger partial charge is 0.381 e. The van der Waals surface area contributed by atoms with Gasteiger partial charge in [-0.25, -0.2) is 0 Å². The number of nitrogens with one attached hydrogen (secondary N) is 1. The van der Waals surface area contributed by atoms with Crippen molar-refractivity contribution >= 4 is 11.8 Å². The van der Waals surface area contributed by atoms with Gasteiger partial charge in [-0.15, -0.1) is 0 Å². The van der Waals surface area contributed by atoms with Crippen molar-refractivity contribution in [2.75, 3.05) is 26.9 Å². The minimum Gasteiger partial charge on any atom is -0.381 e. The van der Waals surface area contributed by atoms with Crippen LogP contribution < -0.4 is 5.32 Å². The Labute approximate surface area is 151 Å². The molecule has 0 radical (unpaired) electrons. The number of carbonyl (C=O) groups is 2. The molecule has 2 fully saturated rings. The summed E-state index contributed by atoms with van der Waals surface area (Å²) in [7, 11) is 1.89. The molecule has 0 bridgehead atoms. The highest BCUT2D eigenvalue weighted by Gasteiger charge is 2.31. The SMILES string of the molecule is CC(C)C(=O)N(C)C1CCOC(CC(C)C(=O)NC2CCOCC2)C1. The van der Waals surface area contributed by atoms with Crippen LogP contribution in [0.5, 0.6) is 0 Å². The number of carbonyl (C=O) groups excluding carboxylic acids is 2. The van der Waals surface area contributed by atoms with E-state index in [1.807, 2.05) is 32.7 Å². The summed E-state index contributed by atoms with van der Waals surface area (Å²) in [6.07, 6.45) is 4.20. The van der Waals surface area contributed by atoms with E-state index in [0.29, 0.717) is 13.0 Å². The molecule has 1 N–H and O–H groups in total. The molecule has 0 spiro atoms. The van der Waals surface area contributed by atoms with Crippen molar-refractivity contribution in [3.8, 4) is 0 Å². The zero-order valence-corrected chi connectivity index (χ0v) is 16.1. The van der Waals surface area contributed by atoms with Crippen molar-refractivity contribution in [2.24, 2.45) is 11.8 Å². The van der Waals surface area contributed by atoms with Gasteiger partial charge in [-0.3, -0.25) is 9.59 Å². The third-order valence-corrected chi connectivity index (χ3v) is 5.36. The molecule has 3 atom stereocenters. The molecule has 2 aliphatic rings. The molecule has 6 nitrogen and oxygen atoms in total. The second kappa shape index (κ2) is 9.53. The van der Waals surface area contributed by atoms with Crippen LogP contribution in [0.3, 0.4) is 0 Å². The van der Waals surface area contributed by atoms with Gasteiger partial charge in [-0.05, 0) is 32.1 Å². The van der Waals surface area contributed by atoms with Crippen LogP contribution in [0.15, 0.2) is 0 Å². The third-order valence-electron chi connectivity index (χ3n) is 5.36. The van der Waals surface area contributed by atoms with E-state index in [0.717, 1.165) is 38.9 Å². The summed E-state index contributed by atoms with van der Waals surface area (Å²) in [5.74, 6) is 0.202. The molecular weight excluding hydrogens is 320 g/mol. The standard InChI is InChI=1S/C19H34N2O4/c1-13(2)19(23)21(4)16-7-10-25-17(12-16)11-14(3)18(22)20-15-5-8-24-9-6-15/h13-17H,5-12H2,1-4H3,(H,20,22). The van der Waals surface area contributed by atoms with E-state index in [4.69, 9.17) is 9.47 Å². The van der Waals surface area contributed by atoms with Crippen LogP contribution in [-0.2, 0) is 19.1 Å². The molecule has 2 aliphatic heterocycles. The van der Waals surface area contributed by atoms with Gasteiger partial charge in [0.15, 0.2) is 0 Å². The minimum atomic E-state index is -0.0855. The van der Waals surface area contributed by atoms with Crippen molar-refractivity contribution in [1.82, 2.24) is 10.2 Å². The van der Waals surface area contributed by atoms with E-state index >= 15 is 0 Å². The van der Waals surface area contributed by atoms with Gasteiger partial charge in [-0.2, -0.15) is 0 Å². The molecular formula is C19H34N2O4. The van der Waals surface area contributed by atoms with Crippen LogP contribution in [0, 0.1) is 11.8 Å². The highest BCUT2D eigenvalue weighted by molar-refractivity contribution is 5.79. The smallest absolute Gasteiger partial charge is 0.225 e. The van der Waals surface area contributed by atoms with E-state index in [2.05, 4.69) is 5.32 Å². The minimum absolute atomic E-state index is 0.00969. The molecule has 6 heteroatoms. The number of hydrogen-bond acceptors (Lipinski definition) is 4. The Morgan fingerprint density at radius 3 is 2.44 bits per heavy atom. The molecule has 2 saturated heterocycles. The number of nitrogens with zero attached hydrogens (tertiary/aromatic N) is 1. The molecule has 2 rings (SSSR count). The number of rotatable bonds is 6. The van der Waals surface area contributed by atoms with Crippen molar-refractivity contribution in [2.45, 2.75) is 71.1 Å². The fraction of sp³-hybridized carbons (Fsp3) is 0.895. The highest BCUT2D eigenvalue weighted by Crippen LogP contribution is 2.24. The van der Waals surface area contributed by atoms with E-state index in [1.54, 1.807) is 0 Å². The van der Waals surface area contributed by atoms with Gasteiger partial charge in [0.05, 0.1) is 6.10 Å². The second-order valence-corrected chi connectivity index (χ2v) is 7.81. The summed E-state index contributed by atoms with van der Waals surface area (Å²) in [5, 5.41) is 3.14. The molecule has 0 aliphatic carbocycles. The summed E-state index contributed by atoms with van der Waals surface area (Å²) in [4.78, 5) is 26.5. The molecule has 0 aromatic rings. The fourth-order valence-electron chi connectivity index (χ4n) is 3.65. The quantitative estimate of drug-likeness (QED) is 0.792. The zero-order chi connectivity index (χ0) is 18.4. The summed E-state index contributed by atoms with van der Waals surface area (Å²) in [5.41, 5.74) is 0. The average Bonchev–Trinajstić information content (AvgIpc) is 2.61. The summed E-state index contributed by atoms with van der Waals surface area (Å²) < 4.78 is 11.2. The summed E-state index contributed by atoms with van der Waals surface area (Å²) in [6, 6.07) is 0.443. The van der Waals surface area contributed by atoms with Gasteiger partial charge in [0, 0.05) is 50.8 Å². The molecule has 25 heavy (non-hydrogen) atoms. The van der Waals surface area contributed by atoms with Crippen molar-refractivity contribution in [3.05, 3.63) is 0 Å². The van der Waals surface area contributed by atoms with Gasteiger partial charge in [-0.1, -0.05) is 20.8 Å². The molecule has 2 amide bonds. The van der Waals surface area contributed by atoms with Gasteiger partial charge < -0.3 is 19.7 Å². The lowest BCUT2D eigenvalue weighted by molar-refractivity contribution is -0.139. The fourth-order valence-corrected chi connectivity index (χ4v) is 3.65. The molecule has 0 aromatic carbocycles. The van der Waals surface area contributed by atoms with E-state index in [1.165, 1.54) is 0 Å². The van der Waals surface area contributed by atoms with Crippen LogP contribution in [0.4, 0.5) is 0 Å². The number of amides is 2. The lowest BCUT2D eigenvalue weighted by atomic mass is 9.93. The van der Waals surface area contributed by atoms with Gasteiger partial charge in [0.25, 0.3) is 0 Å². The van der Waals surface area contributed by atoms with Crippen LogP contribution >= 0.6 is 0 Å². The summed E-state index contributed by atoms with van der Waals surface area (Å²) in [6.45, 7) is 7.92. The maximum absolute atomic E-state index is 12.4. The van der Waals surface area contributed by atoms with Crippen molar-refractivity contribution in [1.29, 1.82) is 0 Å². The number of ether oxygens (including phenoxy) is 2. The van der Waals surface area contributed by atoms with E-state index < -0.39 is 0 Å². The molecule has 144 valence electrons. The maximum atomic E-state index is 12.4. The first kappa shape index (κ1) is 20.2. The van der Waals surface area contributed by atoms with Crippen molar-refractivity contribution in [3.63, 3.8) is 0 Å². The van der Waals surface area contributed by atoms with Crippen molar-refractivity contribution < 1.29 is 19.1 Å². The normalized spacial score (nSPS) is 26.3. The van der Waals surface area contributed by atoms with Gasteiger partial charge >= 0.3 is 0 Å². The van der Waals surface area contributed by atoms with Gasteiger partial charge in [0.2, 0.25) is 11.8 Å². The van der Waals surface area contributed by atoms with Crippen LogP contribution in [0.25, 0.3) is 0 Å². The first-order valence-corrected chi connectivity index (χ1v) is 9.64. The number of hydrogen-bond donors (Lipinski definition) is 1. The van der Waals surface area contributed by atoms with Gasteiger partial charge in [0.1, 0.15) is 0 Å². The Morgan fingerprint density at radius 1 is 1.12 bits per heavy atom. The Bertz CT molecular complexity index is 449.